The minimum Gasteiger partial charge on any atom is -0.388 e. The van der Waals surface area contributed by atoms with Crippen LogP contribution in [0.3, 0.4) is 0 Å². The van der Waals surface area contributed by atoms with Crippen LogP contribution in [-0.2, 0) is 16.1 Å². The van der Waals surface area contributed by atoms with Gasteiger partial charge in [-0.25, -0.2) is 0 Å². The molecule has 7 unspecified atom stereocenters. The molecule has 0 bridgehead atoms. The zero-order valence-corrected chi connectivity index (χ0v) is 22.5. The van der Waals surface area contributed by atoms with Crippen molar-refractivity contribution in [2.75, 3.05) is 14.2 Å². The standard InChI is InChI=1S/C28H39N3O.C2H6O/c1-18-8-11-27(2)20(14-18)4-5-21-22-6-7-24(28(22,3)12-9-23(21)27)26(32)17-31-16-19-10-13-29-15-25(19)30-31;1-3-2/h10,13,15-16,18,20-24H,4-9,11-12,14,17H2,1-3H3;1-2H3/t18?,20?,21?,22?,23?,24-,27?,28?;/m1./s1. The largest absolute Gasteiger partial charge is 0.388 e. The molecule has 0 spiro atoms. The van der Waals surface area contributed by atoms with Crippen LogP contribution in [0.5, 0.6) is 0 Å². The maximum atomic E-state index is 13.6. The number of carbonyl (C=O) groups is 1. The van der Waals surface area contributed by atoms with E-state index in [1.807, 2.05) is 16.9 Å². The number of ketones is 1. The smallest absolute Gasteiger partial charge is 0.157 e. The second kappa shape index (κ2) is 9.61. The maximum absolute atomic E-state index is 13.6. The molecule has 0 aromatic carbocycles. The molecule has 4 aliphatic carbocycles. The zero-order valence-electron chi connectivity index (χ0n) is 22.5. The van der Waals surface area contributed by atoms with E-state index in [2.05, 4.69) is 35.6 Å². The number of methoxy groups -OCH3 is 1. The summed E-state index contributed by atoms with van der Waals surface area (Å²) < 4.78 is 6.10. The third-order valence-corrected chi connectivity index (χ3v) is 11.0. The Morgan fingerprint density at radius 1 is 1.06 bits per heavy atom. The second-order valence-corrected chi connectivity index (χ2v) is 12.8. The van der Waals surface area contributed by atoms with Gasteiger partial charge in [0.25, 0.3) is 0 Å². The summed E-state index contributed by atoms with van der Waals surface area (Å²) in [5.74, 6) is 4.95. The molecule has 4 aliphatic rings. The van der Waals surface area contributed by atoms with Crippen LogP contribution in [0.15, 0.2) is 24.7 Å². The molecular formula is C30H45N3O2. The lowest BCUT2D eigenvalue weighted by Crippen LogP contribution is -2.53. The van der Waals surface area contributed by atoms with Gasteiger partial charge >= 0.3 is 0 Å². The number of carbonyl (C=O) groups excluding carboxylic acids is 1. The van der Waals surface area contributed by atoms with Crippen LogP contribution < -0.4 is 0 Å². The molecule has 192 valence electrons. The van der Waals surface area contributed by atoms with Crippen molar-refractivity contribution in [3.8, 4) is 0 Å². The second-order valence-electron chi connectivity index (χ2n) is 12.8. The molecule has 2 heterocycles. The number of nitrogens with zero attached hydrogens (tertiary/aromatic N) is 3. The van der Waals surface area contributed by atoms with Crippen LogP contribution in [0.2, 0.25) is 0 Å². The molecule has 0 radical (unpaired) electrons. The van der Waals surface area contributed by atoms with Crippen LogP contribution in [0.25, 0.3) is 10.9 Å². The van der Waals surface area contributed by atoms with E-state index in [0.717, 1.165) is 46.9 Å². The molecule has 0 saturated heterocycles. The number of hydrogen-bond donors (Lipinski definition) is 0. The lowest BCUT2D eigenvalue weighted by Gasteiger charge is -2.61. The van der Waals surface area contributed by atoms with Gasteiger partial charge in [-0.3, -0.25) is 14.5 Å². The van der Waals surface area contributed by atoms with E-state index in [9.17, 15) is 4.79 Å². The number of Topliss-reactive ketones (excluding diaryl/α,β-unsaturated/α-hetero) is 1. The van der Waals surface area contributed by atoms with Crippen LogP contribution in [0.4, 0.5) is 0 Å². The highest BCUT2D eigenvalue weighted by molar-refractivity contribution is 5.83. The van der Waals surface area contributed by atoms with Crippen LogP contribution in [-0.4, -0.2) is 34.8 Å². The fraction of sp³-hybridized carbons (Fsp3) is 0.767. The van der Waals surface area contributed by atoms with E-state index < -0.39 is 0 Å². The molecular weight excluding hydrogens is 434 g/mol. The molecule has 0 aliphatic heterocycles. The predicted octanol–water partition coefficient (Wildman–Crippen LogP) is 6.56. The van der Waals surface area contributed by atoms with Gasteiger partial charge in [0.1, 0.15) is 5.52 Å². The van der Waals surface area contributed by atoms with E-state index in [4.69, 9.17) is 0 Å². The topological polar surface area (TPSA) is 57.0 Å². The fourth-order valence-electron chi connectivity index (χ4n) is 9.27. The first-order valence-electron chi connectivity index (χ1n) is 14.0. The Morgan fingerprint density at radius 2 is 1.80 bits per heavy atom. The Balaban J connectivity index is 0.000000806. The molecule has 6 rings (SSSR count). The predicted molar refractivity (Wildman–Crippen MR) is 140 cm³/mol. The first kappa shape index (κ1) is 24.9. The van der Waals surface area contributed by atoms with E-state index >= 15 is 0 Å². The fourth-order valence-corrected chi connectivity index (χ4v) is 9.27. The van der Waals surface area contributed by atoms with Gasteiger partial charge in [0, 0.05) is 37.9 Å². The highest BCUT2D eigenvalue weighted by Crippen LogP contribution is 2.67. The molecule has 0 amide bonds. The van der Waals surface area contributed by atoms with E-state index in [0.29, 0.717) is 17.7 Å². The summed E-state index contributed by atoms with van der Waals surface area (Å²) in [5, 5.41) is 5.68. The average molecular weight is 480 g/mol. The third-order valence-electron chi connectivity index (χ3n) is 11.0. The van der Waals surface area contributed by atoms with Gasteiger partial charge < -0.3 is 4.74 Å². The molecule has 2 aromatic rings. The number of rotatable bonds is 3. The van der Waals surface area contributed by atoms with Crippen molar-refractivity contribution in [3.63, 3.8) is 0 Å². The van der Waals surface area contributed by atoms with Crippen molar-refractivity contribution >= 4 is 16.7 Å². The number of aromatic nitrogens is 3. The van der Waals surface area contributed by atoms with Gasteiger partial charge in [0.05, 0.1) is 12.7 Å². The van der Waals surface area contributed by atoms with Gasteiger partial charge in [0.15, 0.2) is 5.78 Å². The van der Waals surface area contributed by atoms with Crippen LogP contribution in [0.1, 0.15) is 78.6 Å². The first-order valence-corrected chi connectivity index (χ1v) is 14.0. The summed E-state index contributed by atoms with van der Waals surface area (Å²) in [6.07, 6.45) is 17.7. The highest BCUT2D eigenvalue weighted by atomic mass is 16.4. The molecule has 4 saturated carbocycles. The minimum absolute atomic E-state index is 0.192. The van der Waals surface area contributed by atoms with Gasteiger partial charge in [-0.1, -0.05) is 27.2 Å². The highest BCUT2D eigenvalue weighted by Gasteiger charge is 2.60. The average Bonchev–Trinajstić information content (AvgIpc) is 3.40. The van der Waals surface area contributed by atoms with Crippen molar-refractivity contribution in [3.05, 3.63) is 24.7 Å². The number of fused-ring (bicyclic) bond motifs is 6. The molecule has 8 atom stereocenters. The Morgan fingerprint density at radius 3 is 2.57 bits per heavy atom. The van der Waals surface area contributed by atoms with E-state index in [1.54, 1.807) is 26.6 Å². The van der Waals surface area contributed by atoms with Crippen molar-refractivity contribution in [1.82, 2.24) is 14.8 Å². The quantitative estimate of drug-likeness (QED) is 0.500. The number of pyridine rings is 1. The Hall–Kier alpha value is -1.75. The molecule has 4 fully saturated rings. The zero-order chi connectivity index (χ0) is 24.8. The SMILES string of the molecule is CC1CCC2(C)C(CCC3C2CCC2(C)C3CC[C@@H]2C(=O)Cn2cc3ccncc3n2)C1.COC. The van der Waals surface area contributed by atoms with E-state index in [1.165, 1.54) is 51.4 Å². The lowest BCUT2D eigenvalue weighted by molar-refractivity contribution is -0.137. The number of hydrogen-bond acceptors (Lipinski definition) is 4. The summed E-state index contributed by atoms with van der Waals surface area (Å²) in [7, 11) is 3.25. The summed E-state index contributed by atoms with van der Waals surface area (Å²) in [6.45, 7) is 8.01. The monoisotopic (exact) mass is 479 g/mol. The molecule has 35 heavy (non-hydrogen) atoms. The third kappa shape index (κ3) is 4.26. The summed E-state index contributed by atoms with van der Waals surface area (Å²) >= 11 is 0. The summed E-state index contributed by atoms with van der Waals surface area (Å²) in [4.78, 5) is 17.7. The first-order chi connectivity index (χ1) is 16.8. The van der Waals surface area contributed by atoms with Gasteiger partial charge in [-0.15, -0.1) is 0 Å². The normalized spacial score (nSPS) is 40.3. The van der Waals surface area contributed by atoms with Crippen molar-refractivity contribution < 1.29 is 9.53 Å². The molecule has 0 N–H and O–H groups in total. The van der Waals surface area contributed by atoms with Gasteiger partial charge in [-0.05, 0) is 97.9 Å². The van der Waals surface area contributed by atoms with Gasteiger partial charge in [-0.2, -0.15) is 5.10 Å². The van der Waals surface area contributed by atoms with Crippen LogP contribution in [0, 0.1) is 46.3 Å². The molecule has 5 nitrogen and oxygen atoms in total. The molecule has 5 heteroatoms. The lowest BCUT2D eigenvalue weighted by atomic mass is 9.44. The number of ether oxygens (including phenoxy) is 1. The van der Waals surface area contributed by atoms with E-state index in [-0.39, 0.29) is 11.3 Å². The summed E-state index contributed by atoms with van der Waals surface area (Å²) in [6, 6.07) is 1.97. The van der Waals surface area contributed by atoms with Crippen molar-refractivity contribution in [2.24, 2.45) is 46.3 Å². The van der Waals surface area contributed by atoms with Gasteiger partial charge in [0.2, 0.25) is 0 Å². The molecule has 2 aromatic heterocycles. The van der Waals surface area contributed by atoms with Crippen LogP contribution >= 0.6 is 0 Å². The maximum Gasteiger partial charge on any atom is 0.157 e. The minimum atomic E-state index is 0.192. The van der Waals surface area contributed by atoms with Crippen molar-refractivity contribution in [1.29, 1.82) is 0 Å². The Labute approximate surface area is 211 Å². The summed E-state index contributed by atoms with van der Waals surface area (Å²) in [5.41, 5.74) is 1.63. The van der Waals surface area contributed by atoms with Crippen molar-refractivity contribution in [2.45, 2.75) is 85.1 Å². The Kier molecular flexibility index (Phi) is 6.84. The Bertz CT molecular complexity index is 1020.